The van der Waals surface area contributed by atoms with Crippen molar-refractivity contribution in [1.29, 1.82) is 0 Å². The highest BCUT2D eigenvalue weighted by Crippen LogP contribution is 2.19. The molecule has 5 nitrogen and oxygen atoms in total. The summed E-state index contributed by atoms with van der Waals surface area (Å²) >= 11 is 0. The summed E-state index contributed by atoms with van der Waals surface area (Å²) in [6, 6.07) is 14.9. The van der Waals surface area contributed by atoms with Crippen molar-refractivity contribution in [2.45, 2.75) is 26.7 Å². The molecule has 0 aliphatic rings. The molecule has 5 heteroatoms. The molecular weight excluding hydrogens is 326 g/mol. The standard InChI is InChI=1S/C21H27N3O2/c1-5-6-14-26-20-9-7-8-17(15-20)21(25)23-18-10-12-19(13-11-18)24(4)16(2)22-3/h7-13,15H,5-6,14H2,1-4H3,(H,23,25). The van der Waals surface area contributed by atoms with Crippen LogP contribution in [0.4, 0.5) is 11.4 Å². The summed E-state index contributed by atoms with van der Waals surface area (Å²) in [4.78, 5) is 18.6. The minimum Gasteiger partial charge on any atom is -0.494 e. The molecule has 0 atom stereocenters. The zero-order valence-corrected chi connectivity index (χ0v) is 16.0. The first-order chi connectivity index (χ1) is 12.5. The topological polar surface area (TPSA) is 53.9 Å². The van der Waals surface area contributed by atoms with Crippen molar-refractivity contribution < 1.29 is 9.53 Å². The number of carbonyl (C=O) groups excluding carboxylic acids is 1. The van der Waals surface area contributed by atoms with Crippen LogP contribution in [0.1, 0.15) is 37.0 Å². The minimum atomic E-state index is -0.154. The monoisotopic (exact) mass is 353 g/mol. The Morgan fingerprint density at radius 2 is 1.92 bits per heavy atom. The van der Waals surface area contributed by atoms with Crippen molar-refractivity contribution in [2.75, 3.05) is 30.9 Å². The molecule has 0 bridgehead atoms. The van der Waals surface area contributed by atoms with Crippen molar-refractivity contribution in [3.63, 3.8) is 0 Å². The fourth-order valence-corrected chi connectivity index (χ4v) is 2.37. The maximum atomic E-state index is 12.5. The number of nitrogens with one attached hydrogen (secondary N) is 1. The van der Waals surface area contributed by atoms with Crippen LogP contribution in [0.25, 0.3) is 0 Å². The predicted molar refractivity (Wildman–Crippen MR) is 109 cm³/mol. The lowest BCUT2D eigenvalue weighted by Crippen LogP contribution is -2.23. The predicted octanol–water partition coefficient (Wildman–Crippen LogP) is 4.60. The first-order valence-corrected chi connectivity index (χ1v) is 8.86. The van der Waals surface area contributed by atoms with Gasteiger partial charge in [-0.3, -0.25) is 9.79 Å². The van der Waals surface area contributed by atoms with Gasteiger partial charge in [0.15, 0.2) is 0 Å². The highest BCUT2D eigenvalue weighted by Gasteiger charge is 2.08. The van der Waals surface area contributed by atoms with Gasteiger partial charge in [0, 0.05) is 31.0 Å². The molecule has 0 aliphatic heterocycles. The Morgan fingerprint density at radius 1 is 1.19 bits per heavy atom. The van der Waals surface area contributed by atoms with Gasteiger partial charge >= 0.3 is 0 Å². The average Bonchev–Trinajstić information content (AvgIpc) is 2.68. The number of benzene rings is 2. The van der Waals surface area contributed by atoms with E-state index in [4.69, 9.17) is 4.74 Å². The molecule has 1 amide bonds. The first-order valence-electron chi connectivity index (χ1n) is 8.86. The van der Waals surface area contributed by atoms with E-state index in [1.54, 1.807) is 19.2 Å². The minimum absolute atomic E-state index is 0.154. The Bertz CT molecular complexity index is 754. The number of unbranched alkanes of at least 4 members (excludes halogenated alkanes) is 1. The van der Waals surface area contributed by atoms with Crippen LogP contribution in [0.3, 0.4) is 0 Å². The highest BCUT2D eigenvalue weighted by atomic mass is 16.5. The second-order valence-corrected chi connectivity index (χ2v) is 6.06. The number of aliphatic imine (C=N–C) groups is 1. The van der Waals surface area contributed by atoms with Gasteiger partial charge in [0.25, 0.3) is 5.91 Å². The number of hydrogen-bond acceptors (Lipinski definition) is 3. The molecule has 0 unspecified atom stereocenters. The third-order valence-electron chi connectivity index (χ3n) is 4.18. The highest BCUT2D eigenvalue weighted by molar-refractivity contribution is 6.04. The average molecular weight is 353 g/mol. The summed E-state index contributed by atoms with van der Waals surface area (Å²) in [5.74, 6) is 1.48. The molecule has 2 aromatic rings. The Hall–Kier alpha value is -2.82. The molecule has 0 aromatic heterocycles. The lowest BCUT2D eigenvalue weighted by atomic mass is 10.2. The van der Waals surface area contributed by atoms with Crippen LogP contribution in [0.15, 0.2) is 53.5 Å². The molecule has 138 valence electrons. The van der Waals surface area contributed by atoms with Crippen molar-refractivity contribution in [3.8, 4) is 5.75 Å². The SMILES string of the molecule is CCCCOc1cccc(C(=O)Nc2ccc(N(C)C(C)=NC)cc2)c1. The zero-order valence-electron chi connectivity index (χ0n) is 16.0. The molecular formula is C21H27N3O2. The fourth-order valence-electron chi connectivity index (χ4n) is 2.37. The van der Waals surface area contributed by atoms with Crippen LogP contribution in [0.2, 0.25) is 0 Å². The number of rotatable bonds is 7. The summed E-state index contributed by atoms with van der Waals surface area (Å²) < 4.78 is 5.67. The molecule has 0 saturated heterocycles. The molecule has 0 aliphatic carbocycles. The van der Waals surface area contributed by atoms with Gasteiger partial charge in [0.1, 0.15) is 5.75 Å². The molecule has 0 fully saturated rings. The van der Waals surface area contributed by atoms with Gasteiger partial charge in [0.2, 0.25) is 0 Å². The lowest BCUT2D eigenvalue weighted by Gasteiger charge is -2.18. The largest absolute Gasteiger partial charge is 0.494 e. The lowest BCUT2D eigenvalue weighted by molar-refractivity contribution is 0.102. The summed E-state index contributed by atoms with van der Waals surface area (Å²) in [7, 11) is 3.72. The quantitative estimate of drug-likeness (QED) is 0.449. The number of amidine groups is 1. The third kappa shape index (κ3) is 5.34. The zero-order chi connectivity index (χ0) is 18.9. The van der Waals surface area contributed by atoms with Crippen molar-refractivity contribution in [1.82, 2.24) is 0 Å². The van der Waals surface area contributed by atoms with Crippen molar-refractivity contribution in [3.05, 3.63) is 54.1 Å². The van der Waals surface area contributed by atoms with Gasteiger partial charge in [-0.15, -0.1) is 0 Å². The number of hydrogen-bond donors (Lipinski definition) is 1. The van der Waals surface area contributed by atoms with E-state index in [1.807, 2.05) is 55.3 Å². The smallest absolute Gasteiger partial charge is 0.255 e. The first kappa shape index (κ1) is 19.5. The van der Waals surface area contributed by atoms with Gasteiger partial charge in [-0.25, -0.2) is 0 Å². The van der Waals surface area contributed by atoms with Gasteiger partial charge in [-0.05, 0) is 55.8 Å². The number of amides is 1. The molecule has 0 radical (unpaired) electrons. The maximum absolute atomic E-state index is 12.5. The number of anilines is 2. The van der Waals surface area contributed by atoms with Gasteiger partial charge in [0.05, 0.1) is 12.4 Å². The van der Waals surface area contributed by atoms with E-state index in [0.29, 0.717) is 12.2 Å². The Morgan fingerprint density at radius 3 is 2.58 bits per heavy atom. The van der Waals surface area contributed by atoms with Gasteiger partial charge < -0.3 is 15.0 Å². The molecule has 26 heavy (non-hydrogen) atoms. The summed E-state index contributed by atoms with van der Waals surface area (Å²) in [6.07, 6.45) is 2.08. The van der Waals surface area contributed by atoms with Gasteiger partial charge in [-0.1, -0.05) is 19.4 Å². The third-order valence-corrected chi connectivity index (χ3v) is 4.18. The molecule has 0 heterocycles. The second-order valence-electron chi connectivity index (χ2n) is 6.06. The molecule has 0 spiro atoms. The Labute approximate surface area is 155 Å². The van der Waals surface area contributed by atoms with E-state index in [9.17, 15) is 4.79 Å². The number of ether oxygens (including phenoxy) is 1. The van der Waals surface area contributed by atoms with Crippen molar-refractivity contribution >= 4 is 23.1 Å². The van der Waals surface area contributed by atoms with E-state index in [-0.39, 0.29) is 5.91 Å². The van der Waals surface area contributed by atoms with E-state index >= 15 is 0 Å². The molecule has 2 rings (SSSR count). The normalized spacial score (nSPS) is 11.2. The van der Waals surface area contributed by atoms with Crippen LogP contribution >= 0.6 is 0 Å². The molecule has 2 aromatic carbocycles. The fraction of sp³-hybridized carbons (Fsp3) is 0.333. The van der Waals surface area contributed by atoms with Crippen LogP contribution in [0, 0.1) is 0 Å². The Balaban J connectivity index is 2.02. The molecule has 0 saturated carbocycles. The number of nitrogens with zero attached hydrogens (tertiary/aromatic N) is 2. The second kappa shape index (κ2) is 9.61. The number of carbonyl (C=O) groups is 1. The van der Waals surface area contributed by atoms with E-state index in [0.717, 1.165) is 35.8 Å². The van der Waals surface area contributed by atoms with Crippen LogP contribution < -0.4 is 15.0 Å². The molecule has 1 N–H and O–H groups in total. The maximum Gasteiger partial charge on any atom is 0.255 e. The summed E-state index contributed by atoms with van der Waals surface area (Å²) in [5, 5.41) is 2.92. The summed E-state index contributed by atoms with van der Waals surface area (Å²) in [5.41, 5.74) is 2.34. The summed E-state index contributed by atoms with van der Waals surface area (Å²) in [6.45, 7) is 4.73. The van der Waals surface area contributed by atoms with Crippen LogP contribution in [0.5, 0.6) is 5.75 Å². The van der Waals surface area contributed by atoms with E-state index in [2.05, 4.69) is 17.2 Å². The van der Waals surface area contributed by atoms with Crippen LogP contribution in [-0.4, -0.2) is 32.4 Å². The Kier molecular flexibility index (Phi) is 7.21. The van der Waals surface area contributed by atoms with Crippen LogP contribution in [-0.2, 0) is 0 Å². The van der Waals surface area contributed by atoms with Crippen molar-refractivity contribution in [2.24, 2.45) is 4.99 Å². The van der Waals surface area contributed by atoms with E-state index in [1.165, 1.54) is 0 Å². The van der Waals surface area contributed by atoms with Gasteiger partial charge in [-0.2, -0.15) is 0 Å². The van der Waals surface area contributed by atoms with E-state index < -0.39 is 0 Å².